The highest BCUT2D eigenvalue weighted by molar-refractivity contribution is 7.09. The summed E-state index contributed by atoms with van der Waals surface area (Å²) in [5.41, 5.74) is 2.96. The Morgan fingerprint density at radius 3 is 3.19 bits per heavy atom. The predicted molar refractivity (Wildman–Crippen MR) is 101 cm³/mol. The number of carbonyl (C=O) groups is 1. The highest BCUT2D eigenvalue weighted by atomic mass is 32.1. The predicted octanol–water partition coefficient (Wildman–Crippen LogP) is 1.23. The third-order valence-corrected chi connectivity index (χ3v) is 6.39. The molecule has 2 aromatic rings. The molecule has 1 unspecified atom stereocenters. The molecule has 0 aliphatic carbocycles. The second-order valence-electron chi connectivity index (χ2n) is 7.33. The van der Waals surface area contributed by atoms with Crippen molar-refractivity contribution in [1.29, 1.82) is 0 Å². The zero-order valence-electron chi connectivity index (χ0n) is 15.6. The van der Waals surface area contributed by atoms with Gasteiger partial charge in [-0.3, -0.25) is 9.48 Å². The second kappa shape index (κ2) is 8.45. The van der Waals surface area contributed by atoms with E-state index in [2.05, 4.69) is 20.4 Å². The molecule has 0 saturated carbocycles. The number of nitrogens with one attached hydrogen (secondary N) is 1. The van der Waals surface area contributed by atoms with Crippen LogP contribution in [0.15, 0.2) is 18.2 Å². The molecule has 1 amide bonds. The summed E-state index contributed by atoms with van der Waals surface area (Å²) in [6.45, 7) is 5.68. The number of amides is 1. The van der Waals surface area contributed by atoms with Gasteiger partial charge in [0.1, 0.15) is 12.7 Å². The second-order valence-corrected chi connectivity index (χ2v) is 8.26. The molecule has 2 aliphatic heterocycles. The standard InChI is InChI=1S/C18H26N6O2S/c1-13-17(27-12-21-13)7-19-6-16-5-14(9-26-16)18(25)24-4-2-3-15(24)8-23-11-20-10-22-23/h10-12,14-16,19H,2-9H2,1H3/t14-,15?,16-/m0/s1. The number of ether oxygens (including phenoxy) is 1. The summed E-state index contributed by atoms with van der Waals surface area (Å²) in [5, 5.41) is 7.62. The molecule has 27 heavy (non-hydrogen) atoms. The summed E-state index contributed by atoms with van der Waals surface area (Å²) >= 11 is 1.67. The number of hydrogen-bond donors (Lipinski definition) is 1. The van der Waals surface area contributed by atoms with E-state index in [1.54, 1.807) is 17.7 Å². The van der Waals surface area contributed by atoms with Crippen LogP contribution >= 0.6 is 11.3 Å². The van der Waals surface area contributed by atoms with Crippen LogP contribution in [-0.4, -0.2) is 62.4 Å². The van der Waals surface area contributed by atoms with E-state index in [9.17, 15) is 4.79 Å². The van der Waals surface area contributed by atoms with Crippen molar-refractivity contribution >= 4 is 17.2 Å². The maximum atomic E-state index is 13.0. The van der Waals surface area contributed by atoms with E-state index in [4.69, 9.17) is 4.74 Å². The van der Waals surface area contributed by atoms with Gasteiger partial charge in [0.2, 0.25) is 5.91 Å². The summed E-state index contributed by atoms with van der Waals surface area (Å²) in [6.07, 6.45) is 6.23. The smallest absolute Gasteiger partial charge is 0.228 e. The number of aromatic nitrogens is 4. The molecule has 146 valence electrons. The van der Waals surface area contributed by atoms with Crippen LogP contribution in [0.2, 0.25) is 0 Å². The average Bonchev–Trinajstić information content (AvgIpc) is 3.44. The van der Waals surface area contributed by atoms with E-state index in [1.165, 1.54) is 11.2 Å². The first kappa shape index (κ1) is 18.5. The Balaban J connectivity index is 1.25. The fourth-order valence-electron chi connectivity index (χ4n) is 3.96. The zero-order chi connectivity index (χ0) is 18.6. The van der Waals surface area contributed by atoms with Crippen molar-refractivity contribution in [3.63, 3.8) is 0 Å². The highest BCUT2D eigenvalue weighted by Gasteiger charge is 2.37. The largest absolute Gasteiger partial charge is 0.376 e. The Labute approximate surface area is 162 Å². The van der Waals surface area contributed by atoms with Gasteiger partial charge in [-0.25, -0.2) is 9.97 Å². The molecule has 2 aliphatic rings. The topological polar surface area (TPSA) is 85.2 Å². The summed E-state index contributed by atoms with van der Waals surface area (Å²) in [7, 11) is 0. The first-order valence-electron chi connectivity index (χ1n) is 9.55. The number of thiazole rings is 1. The number of carbonyl (C=O) groups excluding carboxylic acids is 1. The summed E-state index contributed by atoms with van der Waals surface area (Å²) < 4.78 is 7.70. The van der Waals surface area contributed by atoms with Gasteiger partial charge in [-0.2, -0.15) is 5.10 Å². The Bertz CT molecular complexity index is 749. The molecule has 8 nitrogen and oxygen atoms in total. The maximum Gasteiger partial charge on any atom is 0.228 e. The van der Waals surface area contributed by atoms with Crippen LogP contribution in [0.5, 0.6) is 0 Å². The van der Waals surface area contributed by atoms with Gasteiger partial charge in [-0.15, -0.1) is 11.3 Å². The lowest BCUT2D eigenvalue weighted by molar-refractivity contribution is -0.136. The Morgan fingerprint density at radius 1 is 1.48 bits per heavy atom. The quantitative estimate of drug-likeness (QED) is 0.765. The minimum absolute atomic E-state index is 0.0294. The highest BCUT2D eigenvalue weighted by Crippen LogP contribution is 2.27. The fourth-order valence-corrected chi connectivity index (χ4v) is 4.70. The minimum Gasteiger partial charge on any atom is -0.376 e. The van der Waals surface area contributed by atoms with Crippen molar-refractivity contribution in [2.75, 3.05) is 19.7 Å². The normalized spacial score (nSPS) is 25.4. The minimum atomic E-state index is -0.0294. The van der Waals surface area contributed by atoms with Gasteiger partial charge in [0.25, 0.3) is 0 Å². The van der Waals surface area contributed by atoms with E-state index in [-0.39, 0.29) is 24.0 Å². The van der Waals surface area contributed by atoms with Gasteiger partial charge in [0.05, 0.1) is 42.4 Å². The Morgan fingerprint density at radius 2 is 2.41 bits per heavy atom. The molecule has 0 aromatic carbocycles. The Kier molecular flexibility index (Phi) is 5.80. The summed E-state index contributed by atoms with van der Waals surface area (Å²) in [4.78, 5) is 24.6. The molecular formula is C18H26N6O2S. The van der Waals surface area contributed by atoms with Gasteiger partial charge in [-0.1, -0.05) is 0 Å². The lowest BCUT2D eigenvalue weighted by atomic mass is 10.0. The van der Waals surface area contributed by atoms with Gasteiger partial charge in [-0.05, 0) is 26.2 Å². The van der Waals surface area contributed by atoms with Crippen molar-refractivity contribution in [3.05, 3.63) is 28.7 Å². The van der Waals surface area contributed by atoms with Crippen molar-refractivity contribution in [2.45, 2.75) is 51.4 Å². The van der Waals surface area contributed by atoms with Gasteiger partial charge in [0, 0.05) is 24.5 Å². The number of aryl methyl sites for hydroxylation is 1. The molecule has 9 heteroatoms. The fraction of sp³-hybridized carbons (Fsp3) is 0.667. The third kappa shape index (κ3) is 4.36. The van der Waals surface area contributed by atoms with Gasteiger partial charge >= 0.3 is 0 Å². The third-order valence-electron chi connectivity index (χ3n) is 5.46. The van der Waals surface area contributed by atoms with E-state index in [1.807, 2.05) is 22.0 Å². The molecule has 2 saturated heterocycles. The van der Waals surface area contributed by atoms with Crippen LogP contribution in [0.4, 0.5) is 0 Å². The monoisotopic (exact) mass is 390 g/mol. The zero-order valence-corrected chi connectivity index (χ0v) is 16.4. The van der Waals surface area contributed by atoms with Crippen LogP contribution in [0.25, 0.3) is 0 Å². The lowest BCUT2D eigenvalue weighted by Gasteiger charge is -2.26. The molecule has 0 radical (unpaired) electrons. The van der Waals surface area contributed by atoms with E-state index in [0.717, 1.165) is 51.1 Å². The van der Waals surface area contributed by atoms with E-state index < -0.39 is 0 Å². The van der Waals surface area contributed by atoms with Crippen molar-refractivity contribution < 1.29 is 9.53 Å². The number of nitrogens with zero attached hydrogens (tertiary/aromatic N) is 5. The lowest BCUT2D eigenvalue weighted by Crippen LogP contribution is -2.42. The SMILES string of the molecule is Cc1ncsc1CNC[C@@H]1C[C@H](C(=O)N2CCCC2Cn2cncn2)CO1. The molecule has 4 rings (SSSR count). The molecule has 2 fully saturated rings. The van der Waals surface area contributed by atoms with Crippen molar-refractivity contribution in [1.82, 2.24) is 30.0 Å². The summed E-state index contributed by atoms with van der Waals surface area (Å²) in [6, 6.07) is 0.214. The number of rotatable bonds is 7. The average molecular weight is 391 g/mol. The van der Waals surface area contributed by atoms with Crippen LogP contribution < -0.4 is 5.32 Å². The van der Waals surface area contributed by atoms with Crippen LogP contribution in [-0.2, 0) is 22.6 Å². The summed E-state index contributed by atoms with van der Waals surface area (Å²) in [5.74, 6) is 0.205. The first-order chi connectivity index (χ1) is 13.2. The molecule has 1 N–H and O–H groups in total. The first-order valence-corrected chi connectivity index (χ1v) is 10.4. The van der Waals surface area contributed by atoms with E-state index >= 15 is 0 Å². The molecule has 2 aromatic heterocycles. The Hall–Kier alpha value is -1.84. The van der Waals surface area contributed by atoms with Gasteiger partial charge in [0.15, 0.2) is 0 Å². The van der Waals surface area contributed by atoms with Crippen LogP contribution in [0.3, 0.4) is 0 Å². The number of hydrogen-bond acceptors (Lipinski definition) is 7. The van der Waals surface area contributed by atoms with Gasteiger partial charge < -0.3 is 15.0 Å². The molecule has 4 heterocycles. The molecular weight excluding hydrogens is 364 g/mol. The maximum absolute atomic E-state index is 13.0. The van der Waals surface area contributed by atoms with E-state index in [0.29, 0.717) is 6.61 Å². The van der Waals surface area contributed by atoms with Crippen LogP contribution in [0.1, 0.15) is 29.8 Å². The van der Waals surface area contributed by atoms with Crippen LogP contribution in [0, 0.1) is 12.8 Å². The number of likely N-dealkylation sites (tertiary alicyclic amines) is 1. The molecule has 0 bridgehead atoms. The van der Waals surface area contributed by atoms with Crippen molar-refractivity contribution in [2.24, 2.45) is 5.92 Å². The van der Waals surface area contributed by atoms with Crippen molar-refractivity contribution in [3.8, 4) is 0 Å². The molecule has 0 spiro atoms. The molecule has 3 atom stereocenters.